The molecule has 94 valence electrons. The molecule has 1 N–H and O–H groups in total. The van der Waals surface area contributed by atoms with Crippen molar-refractivity contribution in [1.29, 1.82) is 0 Å². The summed E-state index contributed by atoms with van der Waals surface area (Å²) in [5, 5.41) is 4.38. The first kappa shape index (κ1) is 11.3. The predicted octanol–water partition coefficient (Wildman–Crippen LogP) is 1.96. The first-order valence-electron chi connectivity index (χ1n) is 6.23. The summed E-state index contributed by atoms with van der Waals surface area (Å²) in [6.07, 6.45) is 0.854. The Bertz CT molecular complexity index is 583. The Morgan fingerprint density at radius 2 is 2.11 bits per heavy atom. The molecule has 2 aromatic rings. The molecular formula is C14H16N2O2. The molecule has 0 atom stereocenters. The molecule has 4 nitrogen and oxygen atoms in total. The van der Waals surface area contributed by atoms with Gasteiger partial charge in [0, 0.05) is 37.3 Å². The summed E-state index contributed by atoms with van der Waals surface area (Å²) in [5.41, 5.74) is 2.49. The maximum atomic E-state index is 11.0. The van der Waals surface area contributed by atoms with Crippen LogP contribution in [-0.2, 0) is 0 Å². The van der Waals surface area contributed by atoms with Gasteiger partial charge in [-0.1, -0.05) is 0 Å². The van der Waals surface area contributed by atoms with Crippen molar-refractivity contribution in [2.45, 2.75) is 6.92 Å². The van der Waals surface area contributed by atoms with E-state index in [4.69, 9.17) is 4.42 Å². The fourth-order valence-electron chi connectivity index (χ4n) is 2.53. The highest BCUT2D eigenvalue weighted by molar-refractivity contribution is 6.01. The summed E-state index contributed by atoms with van der Waals surface area (Å²) in [5.74, 6) is 0.843. The number of fused-ring (bicyclic) bond motifs is 1. The van der Waals surface area contributed by atoms with E-state index in [0.29, 0.717) is 11.1 Å². The van der Waals surface area contributed by atoms with Gasteiger partial charge < -0.3 is 14.6 Å². The van der Waals surface area contributed by atoms with Crippen molar-refractivity contribution >= 4 is 22.9 Å². The van der Waals surface area contributed by atoms with Gasteiger partial charge >= 0.3 is 0 Å². The molecule has 0 spiro atoms. The van der Waals surface area contributed by atoms with Crippen LogP contribution in [0, 0.1) is 6.92 Å². The Hall–Kier alpha value is -1.81. The molecule has 0 saturated carbocycles. The van der Waals surface area contributed by atoms with Crippen molar-refractivity contribution < 1.29 is 9.21 Å². The van der Waals surface area contributed by atoms with Crippen LogP contribution in [0.3, 0.4) is 0 Å². The van der Waals surface area contributed by atoms with Crippen molar-refractivity contribution in [3.63, 3.8) is 0 Å². The molecule has 3 rings (SSSR count). The number of furan rings is 1. The Morgan fingerprint density at radius 1 is 1.33 bits per heavy atom. The van der Waals surface area contributed by atoms with E-state index in [0.717, 1.165) is 49.3 Å². The zero-order chi connectivity index (χ0) is 12.5. The first-order valence-corrected chi connectivity index (χ1v) is 6.23. The fraction of sp³-hybridized carbons (Fsp3) is 0.357. The molecule has 1 aromatic heterocycles. The smallest absolute Gasteiger partial charge is 0.153 e. The number of aldehydes is 1. The second kappa shape index (κ2) is 4.46. The van der Waals surface area contributed by atoms with Crippen LogP contribution in [0.15, 0.2) is 22.6 Å². The SMILES string of the molecule is Cc1cc2c(N3CCNCC3)ccc(C=O)c2o1. The summed E-state index contributed by atoms with van der Waals surface area (Å²) >= 11 is 0. The normalized spacial score (nSPS) is 16.2. The number of nitrogens with zero attached hydrogens (tertiary/aromatic N) is 1. The number of piperazine rings is 1. The van der Waals surface area contributed by atoms with Gasteiger partial charge in [-0.25, -0.2) is 0 Å². The molecule has 4 heteroatoms. The number of hydrogen-bond donors (Lipinski definition) is 1. The molecule has 0 unspecified atom stereocenters. The molecule has 0 radical (unpaired) electrons. The zero-order valence-corrected chi connectivity index (χ0v) is 10.4. The lowest BCUT2D eigenvalue weighted by atomic mass is 10.1. The zero-order valence-electron chi connectivity index (χ0n) is 10.4. The van der Waals surface area contributed by atoms with Crippen molar-refractivity contribution in [1.82, 2.24) is 5.32 Å². The summed E-state index contributed by atoms with van der Waals surface area (Å²) < 4.78 is 5.65. The third-order valence-electron chi connectivity index (χ3n) is 3.40. The van der Waals surface area contributed by atoms with Gasteiger partial charge in [0.1, 0.15) is 11.3 Å². The van der Waals surface area contributed by atoms with Crippen molar-refractivity contribution in [3.05, 3.63) is 29.5 Å². The number of nitrogens with one attached hydrogen (secondary N) is 1. The van der Waals surface area contributed by atoms with Crippen molar-refractivity contribution in [2.24, 2.45) is 0 Å². The summed E-state index contributed by atoms with van der Waals surface area (Å²) in [6, 6.07) is 5.88. The first-order chi connectivity index (χ1) is 8.79. The van der Waals surface area contributed by atoms with Crippen LogP contribution in [0.2, 0.25) is 0 Å². The van der Waals surface area contributed by atoms with E-state index in [9.17, 15) is 4.79 Å². The number of rotatable bonds is 2. The molecule has 18 heavy (non-hydrogen) atoms. The molecule has 2 heterocycles. The molecule has 0 amide bonds. The van der Waals surface area contributed by atoms with Crippen LogP contribution in [0.4, 0.5) is 5.69 Å². The van der Waals surface area contributed by atoms with Gasteiger partial charge in [-0.05, 0) is 25.1 Å². The summed E-state index contributed by atoms with van der Waals surface area (Å²) in [4.78, 5) is 13.4. The molecule has 1 saturated heterocycles. The van der Waals surface area contributed by atoms with Crippen LogP contribution in [-0.4, -0.2) is 32.5 Å². The van der Waals surface area contributed by atoms with Gasteiger partial charge in [0.05, 0.1) is 5.56 Å². The van der Waals surface area contributed by atoms with Crippen molar-refractivity contribution in [2.75, 3.05) is 31.1 Å². The molecule has 1 fully saturated rings. The molecule has 1 aliphatic heterocycles. The van der Waals surface area contributed by atoms with E-state index >= 15 is 0 Å². The van der Waals surface area contributed by atoms with E-state index in [-0.39, 0.29) is 0 Å². The highest BCUT2D eigenvalue weighted by Gasteiger charge is 2.17. The number of aryl methyl sites for hydroxylation is 1. The lowest BCUT2D eigenvalue weighted by Crippen LogP contribution is -2.43. The molecule has 1 aliphatic rings. The summed E-state index contributed by atoms with van der Waals surface area (Å²) in [6.45, 7) is 5.87. The van der Waals surface area contributed by atoms with Gasteiger partial charge in [0.15, 0.2) is 6.29 Å². The number of benzene rings is 1. The van der Waals surface area contributed by atoms with E-state index in [1.54, 1.807) is 0 Å². The minimum atomic E-state index is 0.622. The average Bonchev–Trinajstić information content (AvgIpc) is 2.80. The van der Waals surface area contributed by atoms with Gasteiger partial charge in [-0.2, -0.15) is 0 Å². The molecule has 0 bridgehead atoms. The minimum Gasteiger partial charge on any atom is -0.461 e. The fourth-order valence-corrected chi connectivity index (χ4v) is 2.53. The second-order valence-corrected chi connectivity index (χ2v) is 4.63. The predicted molar refractivity (Wildman–Crippen MR) is 71.4 cm³/mol. The lowest BCUT2D eigenvalue weighted by Gasteiger charge is -2.29. The number of anilines is 1. The van der Waals surface area contributed by atoms with E-state index < -0.39 is 0 Å². The number of carbonyl (C=O) groups is 1. The van der Waals surface area contributed by atoms with Crippen molar-refractivity contribution in [3.8, 4) is 0 Å². The van der Waals surface area contributed by atoms with Gasteiger partial charge in [-0.3, -0.25) is 4.79 Å². The van der Waals surface area contributed by atoms with E-state index in [1.165, 1.54) is 0 Å². The highest BCUT2D eigenvalue weighted by Crippen LogP contribution is 2.31. The second-order valence-electron chi connectivity index (χ2n) is 4.63. The monoisotopic (exact) mass is 244 g/mol. The van der Waals surface area contributed by atoms with Crippen LogP contribution in [0.25, 0.3) is 11.0 Å². The molecule has 1 aromatic carbocycles. The standard InChI is InChI=1S/C14H16N2O2/c1-10-8-12-13(16-6-4-15-5-7-16)3-2-11(9-17)14(12)18-10/h2-3,8-9,15H,4-7H2,1H3. The number of hydrogen-bond acceptors (Lipinski definition) is 4. The Kier molecular flexibility index (Phi) is 2.80. The Labute approximate surface area is 106 Å². The largest absolute Gasteiger partial charge is 0.461 e. The van der Waals surface area contributed by atoms with Gasteiger partial charge in [0.2, 0.25) is 0 Å². The quantitative estimate of drug-likeness (QED) is 0.820. The third kappa shape index (κ3) is 1.78. The highest BCUT2D eigenvalue weighted by atomic mass is 16.3. The van der Waals surface area contributed by atoms with Crippen LogP contribution >= 0.6 is 0 Å². The Balaban J connectivity index is 2.14. The van der Waals surface area contributed by atoms with Gasteiger partial charge in [-0.15, -0.1) is 0 Å². The minimum absolute atomic E-state index is 0.622. The molecule has 0 aliphatic carbocycles. The average molecular weight is 244 g/mol. The van der Waals surface area contributed by atoms with Gasteiger partial charge in [0.25, 0.3) is 0 Å². The van der Waals surface area contributed by atoms with Crippen LogP contribution < -0.4 is 10.2 Å². The van der Waals surface area contributed by atoms with E-state index in [1.807, 2.05) is 25.1 Å². The van der Waals surface area contributed by atoms with Crippen LogP contribution in [0.5, 0.6) is 0 Å². The molecular weight excluding hydrogens is 228 g/mol. The lowest BCUT2D eigenvalue weighted by molar-refractivity contribution is 0.112. The third-order valence-corrected chi connectivity index (χ3v) is 3.40. The maximum Gasteiger partial charge on any atom is 0.153 e. The topological polar surface area (TPSA) is 45.5 Å². The summed E-state index contributed by atoms with van der Waals surface area (Å²) in [7, 11) is 0. The maximum absolute atomic E-state index is 11.0. The number of carbonyl (C=O) groups excluding carboxylic acids is 1. The Morgan fingerprint density at radius 3 is 2.83 bits per heavy atom. The van der Waals surface area contributed by atoms with E-state index in [2.05, 4.69) is 10.2 Å². The van der Waals surface area contributed by atoms with Crippen LogP contribution in [0.1, 0.15) is 16.1 Å².